The number of fused-ring (bicyclic) bond motifs is 1. The highest BCUT2D eigenvalue weighted by Crippen LogP contribution is 2.36. The average Bonchev–Trinajstić information content (AvgIpc) is 2.97. The lowest BCUT2D eigenvalue weighted by molar-refractivity contribution is 0.0642. The number of nitrogens with two attached hydrogens (primary N) is 1. The molecule has 2 heterocycles. The van der Waals surface area contributed by atoms with Crippen molar-refractivity contribution >= 4 is 9.84 Å². The van der Waals surface area contributed by atoms with Gasteiger partial charge in [0.15, 0.2) is 9.84 Å². The van der Waals surface area contributed by atoms with Crippen LogP contribution in [-0.2, 0) is 29.5 Å². The van der Waals surface area contributed by atoms with Crippen LogP contribution in [0.1, 0.15) is 43.0 Å². The monoisotopic (exact) mass is 542 g/mol. The number of rotatable bonds is 10. The number of nitrogens with zero attached hydrogens (tertiary/aromatic N) is 3. The van der Waals surface area contributed by atoms with Crippen LogP contribution in [0.2, 0.25) is 0 Å². The summed E-state index contributed by atoms with van der Waals surface area (Å²) in [6, 6.07) is 23.4. The van der Waals surface area contributed by atoms with Gasteiger partial charge in [-0.15, -0.1) is 0 Å². The van der Waals surface area contributed by atoms with Gasteiger partial charge >= 0.3 is 0 Å². The fourth-order valence-electron chi connectivity index (χ4n) is 5.96. The van der Waals surface area contributed by atoms with Gasteiger partial charge in [0, 0.05) is 37.6 Å². The molecule has 7 heteroatoms. The SMILES string of the molecule is CC(CS(=O)(=O)c1ccccc1)N(Cc1ccc(CN)cc1)C1CCCC2=CC=CN(Cc3ccccn3)C21. The molecule has 0 amide bonds. The molecular formula is C32H38N4O2S. The second-order valence-electron chi connectivity index (χ2n) is 10.6. The highest BCUT2D eigenvalue weighted by atomic mass is 32.2. The van der Waals surface area contributed by atoms with Gasteiger partial charge in [-0.2, -0.15) is 0 Å². The zero-order valence-electron chi connectivity index (χ0n) is 22.6. The smallest absolute Gasteiger partial charge is 0.179 e. The van der Waals surface area contributed by atoms with E-state index < -0.39 is 9.84 Å². The molecule has 3 unspecified atom stereocenters. The maximum atomic E-state index is 13.5. The van der Waals surface area contributed by atoms with Crippen molar-refractivity contribution in [3.8, 4) is 0 Å². The minimum absolute atomic E-state index is 0.0657. The largest absolute Gasteiger partial charge is 0.363 e. The molecule has 39 heavy (non-hydrogen) atoms. The lowest BCUT2D eigenvalue weighted by Crippen LogP contribution is -2.56. The number of hydrogen-bond acceptors (Lipinski definition) is 6. The summed E-state index contributed by atoms with van der Waals surface area (Å²) in [5, 5.41) is 0. The summed E-state index contributed by atoms with van der Waals surface area (Å²) in [5.41, 5.74) is 10.5. The molecule has 2 aromatic carbocycles. The number of sulfone groups is 1. The summed E-state index contributed by atoms with van der Waals surface area (Å²) in [5.74, 6) is 0.0657. The van der Waals surface area contributed by atoms with Crippen molar-refractivity contribution in [1.82, 2.24) is 14.8 Å². The maximum absolute atomic E-state index is 13.5. The second kappa shape index (κ2) is 12.3. The van der Waals surface area contributed by atoms with E-state index in [1.807, 2.05) is 24.4 Å². The molecule has 0 radical (unpaired) electrons. The Balaban J connectivity index is 1.47. The van der Waals surface area contributed by atoms with Crippen molar-refractivity contribution in [1.29, 1.82) is 0 Å². The Morgan fingerprint density at radius 3 is 2.49 bits per heavy atom. The first-order valence-corrected chi connectivity index (χ1v) is 15.4. The molecule has 0 bridgehead atoms. The van der Waals surface area contributed by atoms with Crippen LogP contribution in [0.15, 0.2) is 108 Å². The van der Waals surface area contributed by atoms with E-state index in [1.165, 1.54) is 5.57 Å². The van der Waals surface area contributed by atoms with E-state index in [1.54, 1.807) is 24.3 Å². The Morgan fingerprint density at radius 1 is 1.03 bits per heavy atom. The van der Waals surface area contributed by atoms with E-state index in [9.17, 15) is 8.42 Å². The molecule has 3 aromatic rings. The summed E-state index contributed by atoms with van der Waals surface area (Å²) in [4.78, 5) is 9.79. The lowest BCUT2D eigenvalue weighted by atomic mass is 9.81. The van der Waals surface area contributed by atoms with E-state index >= 15 is 0 Å². The van der Waals surface area contributed by atoms with E-state index in [4.69, 9.17) is 5.73 Å². The van der Waals surface area contributed by atoms with E-state index in [0.29, 0.717) is 24.5 Å². The quantitative estimate of drug-likeness (QED) is 0.385. The van der Waals surface area contributed by atoms with Crippen molar-refractivity contribution in [2.24, 2.45) is 5.73 Å². The number of pyridine rings is 1. The molecule has 0 spiro atoms. The summed E-state index contributed by atoms with van der Waals surface area (Å²) >= 11 is 0. The third-order valence-electron chi connectivity index (χ3n) is 7.90. The van der Waals surface area contributed by atoms with Crippen LogP contribution >= 0.6 is 0 Å². The van der Waals surface area contributed by atoms with Crippen LogP contribution in [0.5, 0.6) is 0 Å². The topological polar surface area (TPSA) is 79.5 Å². The highest BCUT2D eigenvalue weighted by molar-refractivity contribution is 7.91. The van der Waals surface area contributed by atoms with Gasteiger partial charge in [0.25, 0.3) is 0 Å². The molecule has 204 valence electrons. The third kappa shape index (κ3) is 6.49. The first-order chi connectivity index (χ1) is 18.9. The van der Waals surface area contributed by atoms with Crippen LogP contribution in [0, 0.1) is 0 Å². The van der Waals surface area contributed by atoms with Crippen molar-refractivity contribution in [2.45, 2.75) is 68.8 Å². The van der Waals surface area contributed by atoms with Crippen molar-refractivity contribution in [3.63, 3.8) is 0 Å². The van der Waals surface area contributed by atoms with Crippen molar-refractivity contribution in [2.75, 3.05) is 5.75 Å². The van der Waals surface area contributed by atoms with Crippen LogP contribution in [0.3, 0.4) is 0 Å². The Kier molecular flexibility index (Phi) is 8.60. The fraction of sp³-hybridized carbons (Fsp3) is 0.344. The number of hydrogen-bond donors (Lipinski definition) is 1. The molecular weight excluding hydrogens is 504 g/mol. The van der Waals surface area contributed by atoms with Crippen molar-refractivity contribution < 1.29 is 8.42 Å². The van der Waals surface area contributed by atoms with Crippen LogP contribution in [-0.4, -0.2) is 47.1 Å². The molecule has 2 N–H and O–H groups in total. The predicted molar refractivity (Wildman–Crippen MR) is 156 cm³/mol. The minimum atomic E-state index is -3.45. The zero-order chi connectivity index (χ0) is 27.2. The molecule has 1 aromatic heterocycles. The maximum Gasteiger partial charge on any atom is 0.179 e. The van der Waals surface area contributed by atoms with Gasteiger partial charge in [-0.05, 0) is 73.2 Å². The molecule has 1 fully saturated rings. The van der Waals surface area contributed by atoms with Gasteiger partial charge < -0.3 is 10.6 Å². The summed E-state index contributed by atoms with van der Waals surface area (Å²) in [6.45, 7) is 3.95. The Labute approximate surface area is 232 Å². The highest BCUT2D eigenvalue weighted by Gasteiger charge is 2.39. The molecule has 3 atom stereocenters. The van der Waals surface area contributed by atoms with Gasteiger partial charge in [-0.3, -0.25) is 9.88 Å². The van der Waals surface area contributed by atoms with E-state index in [-0.39, 0.29) is 23.9 Å². The van der Waals surface area contributed by atoms with Gasteiger partial charge in [-0.25, -0.2) is 8.42 Å². The van der Waals surface area contributed by atoms with Crippen LogP contribution < -0.4 is 5.73 Å². The van der Waals surface area contributed by atoms with Gasteiger partial charge in [-0.1, -0.05) is 54.6 Å². The predicted octanol–water partition coefficient (Wildman–Crippen LogP) is 5.08. The number of benzene rings is 2. The van der Waals surface area contributed by atoms with Crippen molar-refractivity contribution in [3.05, 3.63) is 120 Å². The van der Waals surface area contributed by atoms with E-state index in [2.05, 4.69) is 70.4 Å². The van der Waals surface area contributed by atoms with Gasteiger partial charge in [0.2, 0.25) is 0 Å². The minimum Gasteiger partial charge on any atom is -0.363 e. The summed E-state index contributed by atoms with van der Waals surface area (Å²) in [6.07, 6.45) is 11.5. The number of allylic oxidation sites excluding steroid dienone is 2. The van der Waals surface area contributed by atoms with Crippen LogP contribution in [0.25, 0.3) is 0 Å². The fourth-order valence-corrected chi connectivity index (χ4v) is 7.55. The average molecular weight is 543 g/mol. The van der Waals surface area contributed by atoms with E-state index in [0.717, 1.165) is 36.1 Å². The second-order valence-corrected chi connectivity index (χ2v) is 12.7. The van der Waals surface area contributed by atoms with Crippen LogP contribution in [0.4, 0.5) is 0 Å². The number of aromatic nitrogens is 1. The molecule has 5 rings (SSSR count). The van der Waals surface area contributed by atoms with Gasteiger partial charge in [0.05, 0.1) is 28.9 Å². The molecule has 6 nitrogen and oxygen atoms in total. The van der Waals surface area contributed by atoms with Gasteiger partial charge in [0.1, 0.15) is 0 Å². The summed E-state index contributed by atoms with van der Waals surface area (Å²) in [7, 11) is -3.45. The standard InChI is InChI=1S/C32H38N4O2S/c1-25(24-39(37,38)30-12-3-2-4-13-30)36(22-27-17-15-26(21-33)16-18-27)31-14-7-9-28-10-8-20-35(32(28)31)23-29-11-5-6-19-34-29/h2-6,8,10-13,15-20,25,31-32H,7,9,14,21-24,33H2,1H3. The first-order valence-electron chi connectivity index (χ1n) is 13.8. The summed E-state index contributed by atoms with van der Waals surface area (Å²) < 4.78 is 26.9. The first kappa shape index (κ1) is 27.3. The molecule has 1 aliphatic heterocycles. The molecule has 1 saturated carbocycles. The Hall–Kier alpha value is -3.26. The lowest BCUT2D eigenvalue weighted by Gasteiger charge is -2.49. The normalized spacial score (nSPS) is 20.0. The zero-order valence-corrected chi connectivity index (χ0v) is 23.4. The Morgan fingerprint density at radius 2 is 1.77 bits per heavy atom. The molecule has 0 saturated heterocycles. The Bertz CT molecular complexity index is 1390. The molecule has 1 aliphatic carbocycles. The third-order valence-corrected chi connectivity index (χ3v) is 9.82. The molecule has 2 aliphatic rings.